The van der Waals surface area contributed by atoms with E-state index in [0.717, 1.165) is 12.1 Å². The Morgan fingerprint density at radius 1 is 1.29 bits per heavy atom. The lowest BCUT2D eigenvalue weighted by Gasteiger charge is -2.39. The standard InChI is InChI=1S/C16H15F3N2O3/c1-9-6-11(20-24-9)14(22)21-8-15(2,3)23-13-5-4-10(7-12(13)21)16(17,18)19/h4-7H,8H2,1-3H3. The van der Waals surface area contributed by atoms with Gasteiger partial charge in [0.15, 0.2) is 5.69 Å². The third-order valence-electron chi connectivity index (χ3n) is 3.59. The van der Waals surface area contributed by atoms with Crippen molar-refractivity contribution in [1.29, 1.82) is 0 Å². The van der Waals surface area contributed by atoms with Gasteiger partial charge in [0, 0.05) is 6.07 Å². The first-order valence-electron chi connectivity index (χ1n) is 7.22. The number of fused-ring (bicyclic) bond motifs is 1. The molecule has 128 valence electrons. The van der Waals surface area contributed by atoms with Crippen LogP contribution in [0, 0.1) is 6.92 Å². The van der Waals surface area contributed by atoms with Crippen LogP contribution >= 0.6 is 0 Å². The molecule has 0 unspecified atom stereocenters. The quantitative estimate of drug-likeness (QED) is 0.792. The van der Waals surface area contributed by atoms with E-state index in [2.05, 4.69) is 5.16 Å². The van der Waals surface area contributed by atoms with Crippen LogP contribution in [-0.4, -0.2) is 23.2 Å². The van der Waals surface area contributed by atoms with Crippen LogP contribution in [-0.2, 0) is 6.18 Å². The summed E-state index contributed by atoms with van der Waals surface area (Å²) in [5.41, 5.74) is -1.50. The molecule has 24 heavy (non-hydrogen) atoms. The highest BCUT2D eigenvalue weighted by atomic mass is 19.4. The Morgan fingerprint density at radius 3 is 2.58 bits per heavy atom. The first-order chi connectivity index (χ1) is 11.1. The van der Waals surface area contributed by atoms with Gasteiger partial charge in [-0.3, -0.25) is 9.69 Å². The molecule has 1 aromatic carbocycles. The highest BCUT2D eigenvalue weighted by Gasteiger charge is 2.39. The number of hydrogen-bond acceptors (Lipinski definition) is 4. The van der Waals surface area contributed by atoms with E-state index in [-0.39, 0.29) is 23.7 Å². The van der Waals surface area contributed by atoms with Gasteiger partial charge in [0.1, 0.15) is 17.1 Å². The van der Waals surface area contributed by atoms with E-state index >= 15 is 0 Å². The van der Waals surface area contributed by atoms with Gasteiger partial charge in [-0.2, -0.15) is 13.2 Å². The zero-order valence-electron chi connectivity index (χ0n) is 13.3. The number of hydrogen-bond donors (Lipinski definition) is 0. The molecule has 1 amide bonds. The maximum absolute atomic E-state index is 13.0. The van der Waals surface area contributed by atoms with Crippen molar-refractivity contribution in [3.05, 3.63) is 41.3 Å². The molecule has 5 nitrogen and oxygen atoms in total. The van der Waals surface area contributed by atoms with Gasteiger partial charge >= 0.3 is 6.18 Å². The topological polar surface area (TPSA) is 55.6 Å². The number of alkyl halides is 3. The van der Waals surface area contributed by atoms with Crippen LogP contribution in [0.3, 0.4) is 0 Å². The van der Waals surface area contributed by atoms with Crippen molar-refractivity contribution in [2.75, 3.05) is 11.4 Å². The summed E-state index contributed by atoms with van der Waals surface area (Å²) in [7, 11) is 0. The van der Waals surface area contributed by atoms with Gasteiger partial charge in [-0.25, -0.2) is 0 Å². The largest absolute Gasteiger partial charge is 0.484 e. The minimum Gasteiger partial charge on any atom is -0.484 e. The van der Waals surface area contributed by atoms with E-state index in [1.54, 1.807) is 20.8 Å². The summed E-state index contributed by atoms with van der Waals surface area (Å²) in [6.45, 7) is 5.22. The fourth-order valence-corrected chi connectivity index (χ4v) is 2.57. The van der Waals surface area contributed by atoms with Gasteiger partial charge in [0.05, 0.1) is 17.8 Å². The van der Waals surface area contributed by atoms with Crippen LogP contribution in [0.25, 0.3) is 0 Å². The lowest BCUT2D eigenvalue weighted by Crippen LogP contribution is -2.49. The van der Waals surface area contributed by atoms with Gasteiger partial charge in [-0.05, 0) is 39.0 Å². The fraction of sp³-hybridized carbons (Fsp3) is 0.375. The van der Waals surface area contributed by atoms with Crippen molar-refractivity contribution >= 4 is 11.6 Å². The number of carbonyl (C=O) groups is 1. The van der Waals surface area contributed by atoms with Crippen LogP contribution in [0.2, 0.25) is 0 Å². The van der Waals surface area contributed by atoms with Gasteiger partial charge in [-0.1, -0.05) is 5.16 Å². The van der Waals surface area contributed by atoms with E-state index in [0.29, 0.717) is 5.76 Å². The Kier molecular flexibility index (Phi) is 3.58. The Morgan fingerprint density at radius 2 is 2.00 bits per heavy atom. The number of carbonyl (C=O) groups excluding carboxylic acids is 1. The van der Waals surface area contributed by atoms with E-state index in [1.165, 1.54) is 17.0 Å². The number of ether oxygens (including phenoxy) is 1. The first kappa shape index (κ1) is 16.4. The first-order valence-corrected chi connectivity index (χ1v) is 7.22. The molecule has 0 saturated heterocycles. The second-order valence-corrected chi connectivity index (χ2v) is 6.26. The summed E-state index contributed by atoms with van der Waals surface area (Å²) in [6.07, 6.45) is -4.51. The molecule has 1 aliphatic heterocycles. The normalized spacial score (nSPS) is 16.5. The Hall–Kier alpha value is -2.51. The molecule has 0 N–H and O–H groups in total. The van der Waals surface area contributed by atoms with Gasteiger partial charge < -0.3 is 9.26 Å². The van der Waals surface area contributed by atoms with E-state index in [1.807, 2.05) is 0 Å². The molecule has 0 fully saturated rings. The third-order valence-corrected chi connectivity index (χ3v) is 3.59. The summed E-state index contributed by atoms with van der Waals surface area (Å²) in [5, 5.41) is 3.65. The van der Waals surface area contributed by atoms with E-state index in [4.69, 9.17) is 9.26 Å². The molecule has 0 spiro atoms. The molecule has 0 atom stereocenters. The average Bonchev–Trinajstić information content (AvgIpc) is 2.90. The average molecular weight is 340 g/mol. The number of nitrogens with zero attached hydrogens (tertiary/aromatic N) is 2. The molecule has 0 aliphatic carbocycles. The summed E-state index contributed by atoms with van der Waals surface area (Å²) in [6, 6.07) is 4.52. The zero-order valence-corrected chi connectivity index (χ0v) is 13.3. The van der Waals surface area contributed by atoms with Crippen LogP contribution in [0.4, 0.5) is 18.9 Å². The molecule has 0 radical (unpaired) electrons. The van der Waals surface area contributed by atoms with Gasteiger partial charge in [0.2, 0.25) is 0 Å². The lowest BCUT2D eigenvalue weighted by atomic mass is 10.0. The van der Waals surface area contributed by atoms with Crippen molar-refractivity contribution in [3.63, 3.8) is 0 Å². The van der Waals surface area contributed by atoms with Crippen molar-refractivity contribution in [3.8, 4) is 5.75 Å². The number of benzene rings is 1. The van der Waals surface area contributed by atoms with Crippen molar-refractivity contribution in [1.82, 2.24) is 5.16 Å². The maximum atomic E-state index is 13.0. The molecule has 2 heterocycles. The SMILES string of the molecule is Cc1cc(C(=O)N2CC(C)(C)Oc3ccc(C(F)(F)F)cc32)no1. The second kappa shape index (κ2) is 5.25. The van der Waals surface area contributed by atoms with Crippen molar-refractivity contribution in [2.24, 2.45) is 0 Å². The zero-order chi connectivity index (χ0) is 17.7. The monoisotopic (exact) mass is 340 g/mol. The summed E-state index contributed by atoms with van der Waals surface area (Å²) >= 11 is 0. The minimum absolute atomic E-state index is 0.0357. The molecule has 1 aromatic heterocycles. The number of rotatable bonds is 1. The number of aromatic nitrogens is 1. The Balaban J connectivity index is 2.08. The van der Waals surface area contributed by atoms with Crippen molar-refractivity contribution < 1.29 is 27.2 Å². The van der Waals surface area contributed by atoms with Crippen LogP contribution in [0.1, 0.15) is 35.7 Å². The molecule has 0 saturated carbocycles. The van der Waals surface area contributed by atoms with Crippen molar-refractivity contribution in [2.45, 2.75) is 32.5 Å². The van der Waals surface area contributed by atoms with Gasteiger partial charge in [0.25, 0.3) is 5.91 Å². The molecule has 3 rings (SSSR count). The predicted molar refractivity (Wildman–Crippen MR) is 79.1 cm³/mol. The summed E-state index contributed by atoms with van der Waals surface area (Å²) < 4.78 is 49.6. The molecular weight excluding hydrogens is 325 g/mol. The number of anilines is 1. The fourth-order valence-electron chi connectivity index (χ4n) is 2.57. The van der Waals surface area contributed by atoms with Crippen LogP contribution in [0.15, 0.2) is 28.8 Å². The second-order valence-electron chi connectivity index (χ2n) is 6.26. The number of amides is 1. The van der Waals surface area contributed by atoms with Gasteiger partial charge in [-0.15, -0.1) is 0 Å². The third kappa shape index (κ3) is 2.95. The molecule has 0 bridgehead atoms. The Bertz CT molecular complexity index is 796. The smallest absolute Gasteiger partial charge is 0.416 e. The predicted octanol–water partition coefficient (Wildman–Crippen LogP) is 3.82. The number of aryl methyl sites for hydroxylation is 1. The lowest BCUT2D eigenvalue weighted by molar-refractivity contribution is -0.137. The molecule has 2 aromatic rings. The summed E-state index contributed by atoms with van der Waals surface area (Å²) in [4.78, 5) is 13.9. The Labute approximate surface area is 136 Å². The maximum Gasteiger partial charge on any atom is 0.416 e. The summed E-state index contributed by atoms with van der Waals surface area (Å²) in [5.74, 6) is 0.117. The van der Waals surface area contributed by atoms with E-state index < -0.39 is 23.2 Å². The molecule has 1 aliphatic rings. The van der Waals surface area contributed by atoms with Crippen LogP contribution in [0.5, 0.6) is 5.75 Å². The molecule has 8 heteroatoms. The molecular formula is C16H15F3N2O3. The van der Waals surface area contributed by atoms with Crippen LogP contribution < -0.4 is 9.64 Å². The highest BCUT2D eigenvalue weighted by Crippen LogP contribution is 2.41. The highest BCUT2D eigenvalue weighted by molar-refractivity contribution is 6.06. The minimum atomic E-state index is -4.51. The van der Waals surface area contributed by atoms with E-state index in [9.17, 15) is 18.0 Å². The number of halogens is 3.